The lowest BCUT2D eigenvalue weighted by atomic mass is 10.0. The minimum Gasteiger partial charge on any atom is -0.491 e. The van der Waals surface area contributed by atoms with Crippen LogP contribution in [0.1, 0.15) is 157 Å². The molecule has 2 aliphatic carbocycles. The lowest BCUT2D eigenvalue weighted by Crippen LogP contribution is -2.17. The van der Waals surface area contributed by atoms with E-state index in [9.17, 15) is 31.8 Å². The molecule has 0 saturated heterocycles. The minimum absolute atomic E-state index is 0.00685. The number of ether oxygens (including phenoxy) is 9. The van der Waals surface area contributed by atoms with Crippen molar-refractivity contribution >= 4 is 30.2 Å². The number of aromatic nitrogens is 1. The van der Waals surface area contributed by atoms with Gasteiger partial charge in [0.1, 0.15) is 116 Å². The van der Waals surface area contributed by atoms with E-state index >= 15 is 0 Å². The third kappa shape index (κ3) is 54.8. The molecule has 2 saturated carbocycles. The number of halogens is 5. The molecule has 0 bridgehead atoms. The SMILES string of the molecule is CCCCc1ccc(CSON=O)cc1OCCO.C[C@@H](CO)Oc1cc(F)ccc1CCCN.C[C@H](CO)Oc1cc(F)ccc1CCCN.NC/C=C\c1ccccc1OCCO.NCCCc1cc(C(F)(F)F)ccc1OCCO.NCCCc1cc(CSON=O)ccc1OCCO.NCCCc1cccnc1OCCO.NC[C@H]1C[C@@H]1c1ccccc1OCCO.NC[C@H]1C[C@H]1c1ccccc1OCCO. The Morgan fingerprint density at radius 3 is 1.21 bits per heavy atom. The first kappa shape index (κ1) is 129. The number of aliphatic hydroxyl groups is 9. The molecule has 146 heavy (non-hydrogen) atoms. The Kier molecular flexibility index (Phi) is 72.1. The number of hydrogen-bond acceptors (Lipinski definition) is 35. The van der Waals surface area contributed by atoms with Gasteiger partial charge in [0.2, 0.25) is 5.88 Å². The average Bonchev–Trinajstić information content (AvgIpc) is 1.62. The number of rotatable bonds is 59. The molecule has 0 radical (unpaired) electrons. The van der Waals surface area contributed by atoms with Gasteiger partial charge in [0, 0.05) is 36.0 Å². The highest BCUT2D eigenvalue weighted by Crippen LogP contribution is 2.51. The Morgan fingerprint density at radius 1 is 0.404 bits per heavy atom. The minimum atomic E-state index is -4.37. The highest BCUT2D eigenvalue weighted by atomic mass is 32.2. The molecule has 0 unspecified atom stereocenters. The van der Waals surface area contributed by atoms with Crippen LogP contribution in [0.4, 0.5) is 22.0 Å². The molecule has 812 valence electrons. The fourth-order valence-corrected chi connectivity index (χ4v) is 14.6. The number of aliphatic hydroxyl groups excluding tert-OH is 9. The van der Waals surface area contributed by atoms with Crippen molar-refractivity contribution in [1.82, 2.24) is 4.98 Å². The van der Waals surface area contributed by atoms with Crippen molar-refractivity contribution in [3.63, 3.8) is 0 Å². The zero-order valence-corrected chi connectivity index (χ0v) is 85.6. The monoisotopic (exact) mass is 2090 g/mol. The van der Waals surface area contributed by atoms with Crippen LogP contribution in [0.5, 0.6) is 51.9 Å². The number of benzene rings is 8. The van der Waals surface area contributed by atoms with Gasteiger partial charge in [0.25, 0.3) is 0 Å². The first-order valence-electron chi connectivity index (χ1n) is 48.9. The fourth-order valence-electron chi connectivity index (χ4n) is 13.8. The van der Waals surface area contributed by atoms with Crippen LogP contribution < -0.4 is 88.5 Å². The first-order chi connectivity index (χ1) is 70.9. The van der Waals surface area contributed by atoms with E-state index < -0.39 is 11.7 Å². The number of aryl methyl sites for hydroxylation is 6. The number of nitrogens with two attached hydrogens (primary N) is 8. The maximum atomic E-state index is 13.1. The summed E-state index contributed by atoms with van der Waals surface area (Å²) in [6.07, 6.45) is 13.5. The van der Waals surface area contributed by atoms with E-state index in [0.29, 0.717) is 136 Å². The van der Waals surface area contributed by atoms with Crippen molar-refractivity contribution in [3.05, 3.63) is 276 Å². The third-order valence-corrected chi connectivity index (χ3v) is 22.5. The van der Waals surface area contributed by atoms with E-state index in [-0.39, 0.29) is 110 Å². The summed E-state index contributed by atoms with van der Waals surface area (Å²) < 4.78 is 121. The quantitative estimate of drug-likeness (QED) is 0.00553. The van der Waals surface area contributed by atoms with Crippen molar-refractivity contribution in [2.75, 3.05) is 158 Å². The predicted octanol–water partition coefficient (Wildman–Crippen LogP) is 13.6. The van der Waals surface area contributed by atoms with Gasteiger partial charge < -0.3 is 134 Å². The van der Waals surface area contributed by atoms with Crippen LogP contribution >= 0.6 is 24.1 Å². The highest BCUT2D eigenvalue weighted by Gasteiger charge is 2.40. The van der Waals surface area contributed by atoms with E-state index in [1.165, 1.54) is 41.5 Å². The summed E-state index contributed by atoms with van der Waals surface area (Å²) >= 11 is 1.96. The van der Waals surface area contributed by atoms with Gasteiger partial charge in [-0.15, -0.1) is 9.81 Å². The van der Waals surface area contributed by atoms with E-state index in [0.717, 1.165) is 206 Å². The molecular formula is C106H154F5N11O22S2. The lowest BCUT2D eigenvalue weighted by Gasteiger charge is -2.15. The maximum absolute atomic E-state index is 13.1. The third-order valence-electron chi connectivity index (χ3n) is 21.3. The molecule has 8 aromatic carbocycles. The molecule has 2 aliphatic rings. The van der Waals surface area contributed by atoms with Gasteiger partial charge in [0.15, 0.2) is 10.7 Å². The number of unbranched alkanes of at least 4 members (excludes halogenated alkanes) is 1. The summed E-state index contributed by atoms with van der Waals surface area (Å²) in [5, 5.41) is 83.4. The van der Waals surface area contributed by atoms with E-state index in [4.69, 9.17) is 134 Å². The molecule has 0 spiro atoms. The molecule has 11 rings (SSSR count). The van der Waals surface area contributed by atoms with Crippen molar-refractivity contribution in [1.29, 1.82) is 0 Å². The summed E-state index contributed by atoms with van der Waals surface area (Å²) in [7, 11) is 0. The molecule has 40 heteroatoms. The average molecular weight is 2090 g/mol. The summed E-state index contributed by atoms with van der Waals surface area (Å²) in [6, 6.07) is 51.4. The molecule has 25 N–H and O–H groups in total. The second-order valence-corrected chi connectivity index (χ2v) is 34.1. The molecule has 1 heterocycles. The smallest absolute Gasteiger partial charge is 0.416 e. The topological polar surface area (TPSA) is 564 Å². The number of pyridine rings is 1. The van der Waals surface area contributed by atoms with Crippen molar-refractivity contribution in [2.45, 2.75) is 159 Å². The highest BCUT2D eigenvalue weighted by molar-refractivity contribution is 7.94. The van der Waals surface area contributed by atoms with Gasteiger partial charge in [-0.2, -0.15) is 13.2 Å². The van der Waals surface area contributed by atoms with Crippen LogP contribution in [0.2, 0.25) is 0 Å². The van der Waals surface area contributed by atoms with Crippen LogP contribution in [0.15, 0.2) is 199 Å². The zero-order valence-electron chi connectivity index (χ0n) is 83.9. The zero-order chi connectivity index (χ0) is 107. The lowest BCUT2D eigenvalue weighted by molar-refractivity contribution is -0.137. The number of para-hydroxylation sites is 3. The second kappa shape index (κ2) is 81.3. The molecule has 2 fully saturated rings. The normalized spacial score (nSPS) is 13.7. The van der Waals surface area contributed by atoms with Crippen LogP contribution in [-0.2, 0) is 64.8 Å². The molecule has 0 aliphatic heterocycles. The molecule has 9 aromatic rings. The van der Waals surface area contributed by atoms with Crippen molar-refractivity contribution in [2.24, 2.45) is 68.4 Å². The molecule has 6 atom stereocenters. The number of nitrogens with zero attached hydrogens (tertiary/aromatic N) is 3. The number of hydrogen-bond donors (Lipinski definition) is 17. The van der Waals surface area contributed by atoms with E-state index in [1.807, 2.05) is 121 Å². The summed E-state index contributed by atoms with van der Waals surface area (Å²) in [5.74, 6) is 8.80. The van der Waals surface area contributed by atoms with Gasteiger partial charge in [0.05, 0.1) is 101 Å². The van der Waals surface area contributed by atoms with E-state index in [1.54, 1.807) is 32.2 Å². The van der Waals surface area contributed by atoms with Crippen LogP contribution in [0.3, 0.4) is 0 Å². The molecule has 0 amide bonds. The Hall–Kier alpha value is -10.7. The van der Waals surface area contributed by atoms with Gasteiger partial charge >= 0.3 is 6.18 Å². The van der Waals surface area contributed by atoms with Crippen LogP contribution in [-0.4, -0.2) is 221 Å². The number of alkyl halides is 3. The van der Waals surface area contributed by atoms with Gasteiger partial charge in [-0.3, -0.25) is 8.57 Å². The largest absolute Gasteiger partial charge is 0.491 e. The molecule has 33 nitrogen and oxygen atoms in total. The Balaban J connectivity index is 0.000000423. The van der Waals surface area contributed by atoms with Crippen molar-refractivity contribution < 1.29 is 119 Å². The van der Waals surface area contributed by atoms with E-state index in [2.05, 4.69) is 43.3 Å². The molecule has 1 aromatic heterocycles. The summed E-state index contributed by atoms with van der Waals surface area (Å²) in [4.78, 5) is 23.8. The molecular weight excluding hydrogens is 1940 g/mol. The van der Waals surface area contributed by atoms with Gasteiger partial charge in [-0.25, -0.2) is 13.8 Å². The van der Waals surface area contributed by atoms with Crippen LogP contribution in [0.25, 0.3) is 6.08 Å². The summed E-state index contributed by atoms with van der Waals surface area (Å²) in [5.41, 5.74) is 54.0. The standard InChI is InChI=1S/C13H19NO4S.C12H16F3NO2.2C12H18FNO2.C12H18N2O4S.2C12H17NO2.C11H15NO2.C10H16N2O2/c1-2-3-4-12-6-5-11(10-19-18-14-16)9-13(12)17-8-7-15;13-12(14,15)10-3-4-11(18-7-6-17)9(8-10)2-1-5-16;2*1-9(8-15)16-12-7-11(13)5-4-10(12)3-2-6-14;13-5-1-2-11-8-10(9-19-18-14-16)3-4-12(11)17-7-6-15;2*13-8-9-7-11(9)10-3-1-2-4-12(10)15-6-5-14;12-7-3-5-10-4-1-2-6-11(10)14-9-8-13;11-5-1-3-9-4-2-6-12-10(9)14-8-7-13/h5-6,9,15H,2-4,7-8,10H2,1H3;3-4,8,17H,1-2,5-7,16H2;2*4-5,7,9,15H,2-3,6,8,14H2,1H3;3-4,8,15H,1-2,5-7,9,13H2;2*1-4,9,11,14H,5-8,13H2;1-6,13H,7-9,12H2;2,4,6,13H,1,3,5,7-8,11H2/b;;;;;;;5-3-;/t;;2*9-;;9-,11+;9-,11-;;/m..10.11../s1. The maximum Gasteiger partial charge on any atom is 0.416 e. The van der Waals surface area contributed by atoms with Crippen molar-refractivity contribution in [3.8, 4) is 51.9 Å². The van der Waals surface area contributed by atoms with Gasteiger partial charge in [-0.05, 0) is 290 Å². The fraction of sp³-hybridized carbons (Fsp3) is 0.481. The Morgan fingerprint density at radius 2 is 0.781 bits per heavy atom. The van der Waals surface area contributed by atoms with Gasteiger partial charge in [-0.1, -0.05) is 123 Å². The first-order valence-corrected chi connectivity index (χ1v) is 50.7. The van der Waals surface area contributed by atoms with Crippen LogP contribution in [0, 0.1) is 33.3 Å². The summed E-state index contributed by atoms with van der Waals surface area (Å²) in [6.45, 7) is 12.1. The Bertz CT molecular complexity index is 4720. The Labute approximate surface area is 863 Å². The predicted molar refractivity (Wildman–Crippen MR) is 563 cm³/mol. The second-order valence-electron chi connectivity index (χ2n) is 32.7.